The number of morpholine rings is 1. The first-order valence-electron chi connectivity index (χ1n) is 11.3. The molecule has 1 atom stereocenters. The van der Waals surface area contributed by atoms with Gasteiger partial charge in [0.2, 0.25) is 0 Å². The lowest BCUT2D eigenvalue weighted by Crippen LogP contribution is -2.56. The Bertz CT molecular complexity index is 563. The topological polar surface area (TPSA) is 62.3 Å². The summed E-state index contributed by atoms with van der Waals surface area (Å²) >= 11 is 0. The van der Waals surface area contributed by atoms with Gasteiger partial charge in [-0.1, -0.05) is 19.3 Å². The van der Waals surface area contributed by atoms with Crippen molar-refractivity contribution in [2.75, 3.05) is 39.8 Å². The normalized spacial score (nSPS) is 25.7. The molecule has 0 aromatic heterocycles. The van der Waals surface area contributed by atoms with E-state index < -0.39 is 5.60 Å². The molecule has 2 saturated heterocycles. The highest BCUT2D eigenvalue weighted by molar-refractivity contribution is 5.81. The summed E-state index contributed by atoms with van der Waals surface area (Å²) < 4.78 is 11.4. The second-order valence-corrected chi connectivity index (χ2v) is 9.79. The molecule has 0 bridgehead atoms. The summed E-state index contributed by atoms with van der Waals surface area (Å²) in [7, 11) is 1.94. The van der Waals surface area contributed by atoms with Crippen molar-refractivity contribution in [3.05, 3.63) is 0 Å². The summed E-state index contributed by atoms with van der Waals surface area (Å²) in [6.45, 7) is 9.21. The van der Waals surface area contributed by atoms with Crippen molar-refractivity contribution in [1.29, 1.82) is 0 Å². The Kier molecular flexibility index (Phi) is 7.43. The van der Waals surface area contributed by atoms with Crippen LogP contribution in [-0.2, 0) is 14.3 Å². The highest BCUT2D eigenvalue weighted by Crippen LogP contribution is 2.25. The molecule has 3 aliphatic rings. The molecule has 2 aliphatic heterocycles. The molecule has 2 heterocycles. The highest BCUT2D eigenvalue weighted by atomic mass is 16.6. The van der Waals surface area contributed by atoms with Crippen molar-refractivity contribution in [3.8, 4) is 0 Å². The van der Waals surface area contributed by atoms with E-state index in [2.05, 4.69) is 4.90 Å². The molecule has 1 aliphatic carbocycles. The van der Waals surface area contributed by atoms with Gasteiger partial charge in [-0.2, -0.15) is 0 Å². The lowest BCUT2D eigenvalue weighted by atomic mass is 9.94. The molecule has 0 spiro atoms. The van der Waals surface area contributed by atoms with Crippen LogP contribution in [0.3, 0.4) is 0 Å². The maximum Gasteiger partial charge on any atom is 0.410 e. The minimum Gasteiger partial charge on any atom is -0.444 e. The Morgan fingerprint density at radius 3 is 2.28 bits per heavy atom. The van der Waals surface area contributed by atoms with Gasteiger partial charge < -0.3 is 19.3 Å². The van der Waals surface area contributed by atoms with Gasteiger partial charge in [0.1, 0.15) is 11.7 Å². The first-order chi connectivity index (χ1) is 13.7. The van der Waals surface area contributed by atoms with Crippen LogP contribution in [0.4, 0.5) is 4.79 Å². The fraction of sp³-hybridized carbons (Fsp3) is 0.909. The summed E-state index contributed by atoms with van der Waals surface area (Å²) in [5, 5.41) is 0. The van der Waals surface area contributed by atoms with Gasteiger partial charge in [-0.25, -0.2) is 4.79 Å². The first-order valence-corrected chi connectivity index (χ1v) is 11.3. The fourth-order valence-electron chi connectivity index (χ4n) is 4.77. The van der Waals surface area contributed by atoms with Crippen molar-refractivity contribution in [2.24, 2.45) is 0 Å². The zero-order chi connectivity index (χ0) is 21.0. The van der Waals surface area contributed by atoms with Gasteiger partial charge in [0.25, 0.3) is 5.91 Å². The summed E-state index contributed by atoms with van der Waals surface area (Å²) in [6, 6.07) is 0.764. The van der Waals surface area contributed by atoms with Crippen LogP contribution >= 0.6 is 0 Å². The molecular weight excluding hydrogens is 370 g/mol. The summed E-state index contributed by atoms with van der Waals surface area (Å²) in [6.07, 6.45) is 7.20. The van der Waals surface area contributed by atoms with E-state index in [1.54, 1.807) is 0 Å². The van der Waals surface area contributed by atoms with E-state index in [1.807, 2.05) is 37.6 Å². The summed E-state index contributed by atoms with van der Waals surface area (Å²) in [4.78, 5) is 31.4. The number of nitrogens with zero attached hydrogens (tertiary/aromatic N) is 3. The Hall–Kier alpha value is -1.34. The SMILES string of the molecule is CN(C(=O)C1CN(C2CCN(C(=O)OC(C)(C)C)CC2)CCO1)C1CCCCC1. The van der Waals surface area contributed by atoms with E-state index in [0.29, 0.717) is 38.3 Å². The van der Waals surface area contributed by atoms with Crippen LogP contribution in [0.25, 0.3) is 0 Å². The molecule has 0 aromatic rings. The minimum absolute atomic E-state index is 0.132. The van der Waals surface area contributed by atoms with E-state index >= 15 is 0 Å². The molecule has 3 rings (SSSR count). The first kappa shape index (κ1) is 22.3. The second kappa shape index (κ2) is 9.65. The Balaban J connectivity index is 1.48. The Morgan fingerprint density at radius 1 is 1.00 bits per heavy atom. The van der Waals surface area contributed by atoms with Crippen LogP contribution in [0, 0.1) is 0 Å². The second-order valence-electron chi connectivity index (χ2n) is 9.79. The number of hydrogen-bond donors (Lipinski definition) is 0. The van der Waals surface area contributed by atoms with Crippen molar-refractivity contribution in [1.82, 2.24) is 14.7 Å². The van der Waals surface area contributed by atoms with Crippen molar-refractivity contribution < 1.29 is 19.1 Å². The molecule has 7 nitrogen and oxygen atoms in total. The predicted molar refractivity (Wildman–Crippen MR) is 112 cm³/mol. The molecule has 1 saturated carbocycles. The third kappa shape index (κ3) is 6.07. The number of ether oxygens (including phenoxy) is 2. The van der Waals surface area contributed by atoms with Crippen LogP contribution in [0.15, 0.2) is 0 Å². The zero-order valence-electron chi connectivity index (χ0n) is 18.7. The number of carbonyl (C=O) groups excluding carboxylic acids is 2. The molecule has 166 valence electrons. The molecule has 1 unspecified atom stereocenters. The monoisotopic (exact) mass is 409 g/mol. The molecule has 2 amide bonds. The van der Waals surface area contributed by atoms with Gasteiger partial charge in [0.05, 0.1) is 6.61 Å². The Labute approximate surface area is 175 Å². The number of likely N-dealkylation sites (tertiary alicyclic amines) is 1. The van der Waals surface area contributed by atoms with E-state index in [1.165, 1.54) is 19.3 Å². The van der Waals surface area contributed by atoms with Gasteiger partial charge in [0.15, 0.2) is 0 Å². The predicted octanol–water partition coefficient (Wildman–Crippen LogP) is 2.88. The van der Waals surface area contributed by atoms with E-state index in [0.717, 1.165) is 32.2 Å². The summed E-state index contributed by atoms with van der Waals surface area (Å²) in [5.41, 5.74) is -0.462. The fourth-order valence-corrected chi connectivity index (χ4v) is 4.77. The quantitative estimate of drug-likeness (QED) is 0.717. The van der Waals surface area contributed by atoms with Crippen LogP contribution in [-0.4, -0.2) is 90.3 Å². The van der Waals surface area contributed by atoms with Gasteiger partial charge >= 0.3 is 6.09 Å². The molecule has 3 fully saturated rings. The van der Waals surface area contributed by atoms with Gasteiger partial charge in [-0.3, -0.25) is 9.69 Å². The smallest absolute Gasteiger partial charge is 0.410 e. The van der Waals surface area contributed by atoms with Crippen LogP contribution in [0.1, 0.15) is 65.7 Å². The molecular formula is C22H39N3O4. The number of likely N-dealkylation sites (N-methyl/N-ethyl adjacent to an activating group) is 1. The largest absolute Gasteiger partial charge is 0.444 e. The minimum atomic E-state index is -0.462. The third-order valence-electron chi connectivity index (χ3n) is 6.48. The maximum absolute atomic E-state index is 13.0. The molecule has 0 radical (unpaired) electrons. The average Bonchev–Trinajstić information content (AvgIpc) is 2.72. The van der Waals surface area contributed by atoms with Crippen molar-refractivity contribution >= 4 is 12.0 Å². The third-order valence-corrected chi connectivity index (χ3v) is 6.48. The van der Waals surface area contributed by atoms with Crippen molar-refractivity contribution in [3.63, 3.8) is 0 Å². The number of rotatable bonds is 3. The molecule has 7 heteroatoms. The number of carbonyl (C=O) groups is 2. The number of hydrogen-bond acceptors (Lipinski definition) is 5. The number of amides is 2. The van der Waals surface area contributed by atoms with Gasteiger partial charge in [-0.05, 0) is 46.5 Å². The molecule has 0 aromatic carbocycles. The van der Waals surface area contributed by atoms with Gasteiger partial charge in [0, 0.05) is 45.3 Å². The lowest BCUT2D eigenvalue weighted by molar-refractivity contribution is -0.152. The van der Waals surface area contributed by atoms with E-state index in [9.17, 15) is 9.59 Å². The standard InChI is InChI=1S/C22H39N3O4/c1-22(2,3)29-21(27)24-12-10-18(11-13-24)25-14-15-28-19(16-25)20(26)23(4)17-8-6-5-7-9-17/h17-19H,5-16H2,1-4H3. The molecule has 0 N–H and O–H groups in total. The zero-order valence-corrected chi connectivity index (χ0v) is 18.7. The van der Waals surface area contributed by atoms with Crippen molar-refractivity contribution in [2.45, 2.75) is 89.5 Å². The van der Waals surface area contributed by atoms with Crippen LogP contribution < -0.4 is 0 Å². The van der Waals surface area contributed by atoms with E-state index in [4.69, 9.17) is 9.47 Å². The molecule has 29 heavy (non-hydrogen) atoms. The van der Waals surface area contributed by atoms with Crippen LogP contribution in [0.2, 0.25) is 0 Å². The van der Waals surface area contributed by atoms with Gasteiger partial charge in [-0.15, -0.1) is 0 Å². The number of piperidine rings is 1. The maximum atomic E-state index is 13.0. The highest BCUT2D eigenvalue weighted by Gasteiger charge is 2.36. The summed E-state index contributed by atoms with van der Waals surface area (Å²) in [5.74, 6) is 0.132. The van der Waals surface area contributed by atoms with E-state index in [-0.39, 0.29) is 18.1 Å². The average molecular weight is 410 g/mol. The Morgan fingerprint density at radius 2 is 1.66 bits per heavy atom. The lowest BCUT2D eigenvalue weighted by Gasteiger charge is -2.43. The van der Waals surface area contributed by atoms with Crippen LogP contribution in [0.5, 0.6) is 0 Å².